The van der Waals surface area contributed by atoms with Crippen LogP contribution in [-0.2, 0) is 13.0 Å². The van der Waals surface area contributed by atoms with E-state index < -0.39 is 4.92 Å². The highest BCUT2D eigenvalue weighted by atomic mass is 35.5. The van der Waals surface area contributed by atoms with Gasteiger partial charge in [-0.25, -0.2) is 0 Å². The van der Waals surface area contributed by atoms with Crippen molar-refractivity contribution in [3.8, 4) is 11.3 Å². The van der Waals surface area contributed by atoms with Crippen molar-refractivity contribution in [3.05, 3.63) is 68.2 Å². The van der Waals surface area contributed by atoms with Crippen molar-refractivity contribution < 1.29 is 13.9 Å². The summed E-state index contributed by atoms with van der Waals surface area (Å²) >= 11 is 6.14. The summed E-state index contributed by atoms with van der Waals surface area (Å²) in [5, 5.41) is 18.3. The van der Waals surface area contributed by atoms with E-state index in [-0.39, 0.29) is 10.7 Å². The first kappa shape index (κ1) is 18.2. The molecule has 0 aliphatic rings. The highest BCUT2D eigenvalue weighted by Gasteiger charge is 2.14. The molecule has 0 bridgehead atoms. The van der Waals surface area contributed by atoms with Crippen LogP contribution in [0.15, 0.2) is 39.3 Å². The number of aryl methyl sites for hydroxylation is 2. The fourth-order valence-electron chi connectivity index (χ4n) is 2.72. The van der Waals surface area contributed by atoms with Crippen LogP contribution in [0, 0.1) is 24.0 Å². The monoisotopic (exact) mass is 375 g/mol. The summed E-state index contributed by atoms with van der Waals surface area (Å²) in [6.07, 6.45) is 0.822. The van der Waals surface area contributed by atoms with Crippen molar-refractivity contribution in [1.82, 2.24) is 10.5 Å². The third kappa shape index (κ3) is 3.95. The number of hydrogen-bond donors (Lipinski definition) is 1. The smallest absolute Gasteiger partial charge is 0.270 e. The average Bonchev–Trinajstić information content (AvgIpc) is 3.19. The van der Waals surface area contributed by atoms with E-state index in [1.54, 1.807) is 12.1 Å². The van der Waals surface area contributed by atoms with E-state index in [4.69, 9.17) is 20.5 Å². The third-order valence-electron chi connectivity index (χ3n) is 4.12. The van der Waals surface area contributed by atoms with Gasteiger partial charge in [0.15, 0.2) is 0 Å². The highest BCUT2D eigenvalue weighted by molar-refractivity contribution is 6.33. The minimum Gasteiger partial charge on any atom is -0.460 e. The third-order valence-corrected chi connectivity index (χ3v) is 4.44. The summed E-state index contributed by atoms with van der Waals surface area (Å²) in [6.45, 7) is 5.16. The lowest BCUT2D eigenvalue weighted by Gasteiger charge is -2.03. The number of furan rings is 1. The summed E-state index contributed by atoms with van der Waals surface area (Å²) in [7, 11) is 0. The summed E-state index contributed by atoms with van der Waals surface area (Å²) in [5.74, 6) is 2.18. The number of non-ortho nitro benzene ring substituents is 1. The van der Waals surface area contributed by atoms with Crippen LogP contribution in [0.5, 0.6) is 0 Å². The highest BCUT2D eigenvalue weighted by Crippen LogP contribution is 2.32. The van der Waals surface area contributed by atoms with Gasteiger partial charge in [0.05, 0.1) is 22.2 Å². The van der Waals surface area contributed by atoms with Crippen molar-refractivity contribution in [3.63, 3.8) is 0 Å². The van der Waals surface area contributed by atoms with Crippen LogP contribution in [0.1, 0.15) is 22.8 Å². The van der Waals surface area contributed by atoms with Gasteiger partial charge in [0.2, 0.25) is 0 Å². The molecule has 0 amide bonds. The molecule has 8 heteroatoms. The minimum absolute atomic E-state index is 0.0495. The van der Waals surface area contributed by atoms with Gasteiger partial charge in [-0.2, -0.15) is 0 Å². The van der Waals surface area contributed by atoms with E-state index in [1.807, 2.05) is 19.9 Å². The molecule has 0 fully saturated rings. The van der Waals surface area contributed by atoms with E-state index in [9.17, 15) is 10.1 Å². The van der Waals surface area contributed by atoms with Gasteiger partial charge in [-0.1, -0.05) is 16.8 Å². The lowest BCUT2D eigenvalue weighted by molar-refractivity contribution is -0.384. The summed E-state index contributed by atoms with van der Waals surface area (Å²) in [6, 6.07) is 7.98. The SMILES string of the molecule is Cc1noc(C)c1CCNCc1ccc(-c2ccc([N+](=O)[O-])cc2Cl)o1. The van der Waals surface area contributed by atoms with Crippen LogP contribution >= 0.6 is 11.6 Å². The number of nitrogens with one attached hydrogen (secondary N) is 1. The Morgan fingerprint density at radius 2 is 2.08 bits per heavy atom. The van der Waals surface area contributed by atoms with Crippen LogP contribution in [0.3, 0.4) is 0 Å². The Kier molecular flexibility index (Phi) is 5.39. The van der Waals surface area contributed by atoms with E-state index >= 15 is 0 Å². The zero-order valence-corrected chi connectivity index (χ0v) is 15.2. The predicted octanol–water partition coefficient (Wildman–Crippen LogP) is 4.45. The summed E-state index contributed by atoms with van der Waals surface area (Å²) in [4.78, 5) is 10.3. The number of benzene rings is 1. The first-order valence-electron chi connectivity index (χ1n) is 8.11. The molecule has 0 radical (unpaired) electrons. The van der Waals surface area contributed by atoms with Gasteiger partial charge in [0.1, 0.15) is 17.3 Å². The number of nitro benzene ring substituents is 1. The molecule has 136 valence electrons. The Balaban J connectivity index is 1.59. The number of nitro groups is 1. The second-order valence-electron chi connectivity index (χ2n) is 5.92. The molecule has 0 spiro atoms. The number of rotatable bonds is 7. The van der Waals surface area contributed by atoms with Gasteiger partial charge < -0.3 is 14.3 Å². The van der Waals surface area contributed by atoms with Crippen LogP contribution < -0.4 is 5.32 Å². The molecule has 7 nitrogen and oxygen atoms in total. The van der Waals surface area contributed by atoms with Crippen LogP contribution in [0.4, 0.5) is 5.69 Å². The van der Waals surface area contributed by atoms with Crippen molar-refractivity contribution in [1.29, 1.82) is 0 Å². The zero-order valence-electron chi connectivity index (χ0n) is 14.4. The van der Waals surface area contributed by atoms with Crippen molar-refractivity contribution in [2.24, 2.45) is 0 Å². The minimum atomic E-state index is -0.480. The molecular weight excluding hydrogens is 358 g/mol. The van der Waals surface area contributed by atoms with Crippen molar-refractivity contribution in [2.75, 3.05) is 6.54 Å². The average molecular weight is 376 g/mol. The molecule has 2 aromatic heterocycles. The number of hydrogen-bond acceptors (Lipinski definition) is 6. The molecular formula is C18H18ClN3O4. The maximum Gasteiger partial charge on any atom is 0.270 e. The molecule has 0 atom stereocenters. The lowest BCUT2D eigenvalue weighted by atomic mass is 10.1. The van der Waals surface area contributed by atoms with Crippen LogP contribution in [0.25, 0.3) is 11.3 Å². The molecule has 3 rings (SSSR count). The Bertz CT molecular complexity index is 913. The Hall–Kier alpha value is -2.64. The predicted molar refractivity (Wildman–Crippen MR) is 97.2 cm³/mol. The van der Waals surface area contributed by atoms with E-state index in [1.165, 1.54) is 12.1 Å². The molecule has 3 aromatic rings. The Labute approximate surface area is 155 Å². The molecule has 1 aromatic carbocycles. The second kappa shape index (κ2) is 7.72. The van der Waals surface area contributed by atoms with Gasteiger partial charge >= 0.3 is 0 Å². The number of aromatic nitrogens is 1. The molecule has 0 aliphatic heterocycles. The Morgan fingerprint density at radius 1 is 1.27 bits per heavy atom. The quantitative estimate of drug-likeness (QED) is 0.372. The first-order valence-corrected chi connectivity index (χ1v) is 8.49. The molecule has 0 unspecified atom stereocenters. The molecule has 26 heavy (non-hydrogen) atoms. The first-order chi connectivity index (χ1) is 12.5. The van der Waals surface area contributed by atoms with Gasteiger partial charge in [-0.05, 0) is 45.0 Å². The largest absolute Gasteiger partial charge is 0.460 e. The van der Waals surface area contributed by atoms with E-state index in [0.717, 1.165) is 35.7 Å². The lowest BCUT2D eigenvalue weighted by Crippen LogP contribution is -2.16. The van der Waals surface area contributed by atoms with Crippen molar-refractivity contribution in [2.45, 2.75) is 26.8 Å². The topological polar surface area (TPSA) is 94.3 Å². The molecule has 2 heterocycles. The second-order valence-corrected chi connectivity index (χ2v) is 6.32. The van der Waals surface area contributed by atoms with E-state index in [2.05, 4.69) is 10.5 Å². The fourth-order valence-corrected chi connectivity index (χ4v) is 2.99. The number of nitrogens with zero attached hydrogens (tertiary/aromatic N) is 2. The van der Waals surface area contributed by atoms with Crippen LogP contribution in [-0.4, -0.2) is 16.6 Å². The summed E-state index contributed by atoms with van der Waals surface area (Å²) in [5.41, 5.74) is 2.61. The maximum absolute atomic E-state index is 10.8. The van der Waals surface area contributed by atoms with Gasteiger partial charge in [-0.3, -0.25) is 10.1 Å². The normalized spacial score (nSPS) is 11.0. The Morgan fingerprint density at radius 3 is 2.73 bits per heavy atom. The van der Waals surface area contributed by atoms with Crippen LogP contribution in [0.2, 0.25) is 5.02 Å². The molecule has 0 saturated carbocycles. The summed E-state index contributed by atoms with van der Waals surface area (Å²) < 4.78 is 10.9. The van der Waals surface area contributed by atoms with Crippen molar-refractivity contribution >= 4 is 17.3 Å². The standard InChI is InChI=1S/C18H18ClN3O4/c1-11-15(12(2)26-21-11)7-8-20-10-14-4-6-18(25-14)16-5-3-13(22(23)24)9-17(16)19/h3-6,9,20H,7-8,10H2,1-2H3. The van der Waals surface area contributed by atoms with Gasteiger partial charge in [0, 0.05) is 23.3 Å². The van der Waals surface area contributed by atoms with E-state index in [0.29, 0.717) is 17.9 Å². The number of halogens is 1. The zero-order chi connectivity index (χ0) is 18.7. The molecule has 0 saturated heterocycles. The maximum atomic E-state index is 10.8. The van der Waals surface area contributed by atoms with Gasteiger partial charge in [0.25, 0.3) is 5.69 Å². The molecule has 1 N–H and O–H groups in total. The van der Waals surface area contributed by atoms with Gasteiger partial charge in [-0.15, -0.1) is 0 Å². The fraction of sp³-hybridized carbons (Fsp3) is 0.278. The molecule has 0 aliphatic carbocycles.